The van der Waals surface area contributed by atoms with E-state index in [1.54, 1.807) is 18.4 Å². The van der Waals surface area contributed by atoms with Crippen molar-refractivity contribution in [3.05, 3.63) is 18.7 Å². The summed E-state index contributed by atoms with van der Waals surface area (Å²) in [6.07, 6.45) is 5.70. The molecule has 0 aliphatic heterocycles. The van der Waals surface area contributed by atoms with Crippen molar-refractivity contribution in [3.8, 4) is 0 Å². The van der Waals surface area contributed by atoms with Crippen LogP contribution >= 0.6 is 0 Å². The van der Waals surface area contributed by atoms with Crippen molar-refractivity contribution in [2.75, 3.05) is 0 Å². The van der Waals surface area contributed by atoms with Crippen molar-refractivity contribution in [2.24, 2.45) is 0 Å². The topological polar surface area (TPSA) is 29.0 Å². The van der Waals surface area contributed by atoms with E-state index < -0.39 is 5.72 Å². The molecule has 0 spiro atoms. The number of rotatable bonds is 2. The molecule has 0 fully saturated rings. The Hall–Kier alpha value is -0.830. The zero-order chi connectivity index (χ0) is 8.48. The SMILES string of the molecule is CC[n+]1ccn(C(C)(C)O)c1. The van der Waals surface area contributed by atoms with E-state index >= 15 is 0 Å². The lowest BCUT2D eigenvalue weighted by Crippen LogP contribution is -2.32. The minimum Gasteiger partial charge on any atom is -0.353 e. The quantitative estimate of drug-likeness (QED) is 0.618. The summed E-state index contributed by atoms with van der Waals surface area (Å²) in [5.41, 5.74) is -0.791. The first kappa shape index (κ1) is 8.27. The summed E-state index contributed by atoms with van der Waals surface area (Å²) in [6.45, 7) is 6.51. The third kappa shape index (κ3) is 1.80. The average Bonchev–Trinajstić information content (AvgIpc) is 2.32. The number of nitrogens with zero attached hydrogens (tertiary/aromatic N) is 2. The van der Waals surface area contributed by atoms with Crippen LogP contribution in [0.5, 0.6) is 0 Å². The normalized spacial score (nSPS) is 12.0. The van der Waals surface area contributed by atoms with Gasteiger partial charge in [0.15, 0.2) is 0 Å². The molecule has 0 bridgehead atoms. The molecule has 0 aromatic carbocycles. The fraction of sp³-hybridized carbons (Fsp3) is 0.625. The summed E-state index contributed by atoms with van der Waals surface area (Å²) in [7, 11) is 0. The number of imidazole rings is 1. The van der Waals surface area contributed by atoms with Gasteiger partial charge in [0.2, 0.25) is 12.1 Å². The second kappa shape index (κ2) is 2.66. The minimum atomic E-state index is -0.791. The Morgan fingerprint density at radius 1 is 1.55 bits per heavy atom. The Labute approximate surface area is 66.9 Å². The van der Waals surface area contributed by atoms with Crippen LogP contribution < -0.4 is 4.57 Å². The molecule has 0 radical (unpaired) electrons. The van der Waals surface area contributed by atoms with Gasteiger partial charge in [0.1, 0.15) is 12.4 Å². The number of aromatic nitrogens is 2. The number of aliphatic hydroxyl groups is 1. The van der Waals surface area contributed by atoms with Gasteiger partial charge in [-0.05, 0) is 6.92 Å². The molecule has 1 rings (SSSR count). The third-order valence-electron chi connectivity index (χ3n) is 1.69. The highest BCUT2D eigenvalue weighted by atomic mass is 16.3. The summed E-state index contributed by atoms with van der Waals surface area (Å²) in [4.78, 5) is 0. The second-order valence-electron chi connectivity index (χ2n) is 3.15. The van der Waals surface area contributed by atoms with Crippen LogP contribution in [0.2, 0.25) is 0 Å². The molecule has 0 unspecified atom stereocenters. The number of aryl methyl sites for hydroxylation is 1. The van der Waals surface area contributed by atoms with Crippen LogP contribution in [-0.4, -0.2) is 9.67 Å². The molecule has 0 atom stereocenters. The molecular weight excluding hydrogens is 140 g/mol. The monoisotopic (exact) mass is 155 g/mol. The van der Waals surface area contributed by atoms with E-state index in [0.29, 0.717) is 0 Å². The van der Waals surface area contributed by atoms with E-state index in [-0.39, 0.29) is 0 Å². The lowest BCUT2D eigenvalue weighted by Gasteiger charge is -2.11. The molecule has 1 aromatic heterocycles. The van der Waals surface area contributed by atoms with Crippen molar-refractivity contribution in [1.82, 2.24) is 4.57 Å². The smallest absolute Gasteiger partial charge is 0.246 e. The van der Waals surface area contributed by atoms with Crippen molar-refractivity contribution in [2.45, 2.75) is 33.0 Å². The van der Waals surface area contributed by atoms with Crippen LogP contribution in [0.25, 0.3) is 0 Å². The summed E-state index contributed by atoms with van der Waals surface area (Å²) in [5.74, 6) is 0. The molecule has 62 valence electrons. The molecule has 3 nitrogen and oxygen atoms in total. The van der Waals surface area contributed by atoms with Gasteiger partial charge in [0.05, 0.1) is 6.54 Å². The Morgan fingerprint density at radius 2 is 2.18 bits per heavy atom. The summed E-state index contributed by atoms with van der Waals surface area (Å²) < 4.78 is 3.79. The van der Waals surface area contributed by atoms with Crippen molar-refractivity contribution in [1.29, 1.82) is 0 Å². The molecule has 11 heavy (non-hydrogen) atoms. The lowest BCUT2D eigenvalue weighted by atomic mass is 10.3. The first-order valence-corrected chi connectivity index (χ1v) is 3.84. The Balaban J connectivity index is 2.89. The predicted octanol–water partition coefficient (Wildman–Crippen LogP) is 0.480. The van der Waals surface area contributed by atoms with Crippen LogP contribution in [-0.2, 0) is 12.3 Å². The largest absolute Gasteiger partial charge is 0.353 e. The van der Waals surface area contributed by atoms with Crippen molar-refractivity contribution in [3.63, 3.8) is 0 Å². The van der Waals surface area contributed by atoms with Gasteiger partial charge in [-0.1, -0.05) is 0 Å². The van der Waals surface area contributed by atoms with Crippen LogP contribution in [0, 0.1) is 0 Å². The van der Waals surface area contributed by atoms with Gasteiger partial charge in [-0.2, -0.15) is 0 Å². The lowest BCUT2D eigenvalue weighted by molar-refractivity contribution is -0.693. The van der Waals surface area contributed by atoms with Crippen molar-refractivity contribution < 1.29 is 9.67 Å². The van der Waals surface area contributed by atoms with Crippen LogP contribution in [0.15, 0.2) is 18.7 Å². The van der Waals surface area contributed by atoms with E-state index in [4.69, 9.17) is 0 Å². The zero-order valence-electron chi connectivity index (χ0n) is 7.28. The third-order valence-corrected chi connectivity index (χ3v) is 1.69. The Bertz CT molecular complexity index is 234. The highest BCUT2D eigenvalue weighted by Crippen LogP contribution is 2.07. The maximum absolute atomic E-state index is 9.55. The van der Waals surface area contributed by atoms with E-state index in [1.807, 2.05) is 23.3 Å². The van der Waals surface area contributed by atoms with Gasteiger partial charge in [-0.15, -0.1) is 0 Å². The molecule has 0 aliphatic rings. The average molecular weight is 155 g/mol. The molecule has 0 aliphatic carbocycles. The second-order valence-corrected chi connectivity index (χ2v) is 3.15. The van der Waals surface area contributed by atoms with Gasteiger partial charge in [0, 0.05) is 13.8 Å². The first-order chi connectivity index (χ1) is 5.04. The summed E-state index contributed by atoms with van der Waals surface area (Å²) >= 11 is 0. The maximum Gasteiger partial charge on any atom is 0.246 e. The van der Waals surface area contributed by atoms with E-state index in [0.717, 1.165) is 6.54 Å². The molecule has 1 heterocycles. The first-order valence-electron chi connectivity index (χ1n) is 3.84. The molecule has 0 saturated heterocycles. The fourth-order valence-corrected chi connectivity index (χ4v) is 0.905. The molecule has 0 saturated carbocycles. The molecule has 1 N–H and O–H groups in total. The Morgan fingerprint density at radius 3 is 2.45 bits per heavy atom. The molecule has 3 heteroatoms. The molecule has 1 aromatic rings. The van der Waals surface area contributed by atoms with Gasteiger partial charge in [-0.3, -0.25) is 0 Å². The predicted molar refractivity (Wildman–Crippen MR) is 41.8 cm³/mol. The maximum atomic E-state index is 9.55. The fourth-order valence-electron chi connectivity index (χ4n) is 0.905. The van der Waals surface area contributed by atoms with E-state index in [1.165, 1.54) is 0 Å². The van der Waals surface area contributed by atoms with E-state index in [9.17, 15) is 5.11 Å². The van der Waals surface area contributed by atoms with E-state index in [2.05, 4.69) is 6.92 Å². The summed E-state index contributed by atoms with van der Waals surface area (Å²) in [5, 5.41) is 9.55. The summed E-state index contributed by atoms with van der Waals surface area (Å²) in [6, 6.07) is 0. The van der Waals surface area contributed by atoms with Gasteiger partial charge in [-0.25, -0.2) is 9.13 Å². The number of hydrogen-bond donors (Lipinski definition) is 1. The highest BCUT2D eigenvalue weighted by molar-refractivity contribution is 4.73. The number of hydrogen-bond acceptors (Lipinski definition) is 1. The van der Waals surface area contributed by atoms with Gasteiger partial charge < -0.3 is 5.11 Å². The van der Waals surface area contributed by atoms with Crippen molar-refractivity contribution >= 4 is 0 Å². The Kier molecular flexibility index (Phi) is 2.00. The van der Waals surface area contributed by atoms with Crippen LogP contribution in [0.4, 0.5) is 0 Å². The molecular formula is C8H15N2O+. The van der Waals surface area contributed by atoms with Crippen LogP contribution in [0.3, 0.4) is 0 Å². The molecule has 0 amide bonds. The minimum absolute atomic E-state index is 0.791. The van der Waals surface area contributed by atoms with Gasteiger partial charge >= 0.3 is 0 Å². The standard InChI is InChI=1S/C8H15N2O/c1-4-9-5-6-10(7-9)8(2,3)11/h5-7,11H,4H2,1-3H3/q+1. The highest BCUT2D eigenvalue weighted by Gasteiger charge is 2.20. The zero-order valence-corrected chi connectivity index (χ0v) is 7.28. The van der Waals surface area contributed by atoms with Gasteiger partial charge in [0.25, 0.3) is 0 Å². The van der Waals surface area contributed by atoms with Crippen LogP contribution in [0.1, 0.15) is 20.8 Å².